The fraction of sp³-hybridized carbons (Fsp3) is 0.350. The standard InChI is InChI=1S/C20H23N5O/c1-13(2)18(19-24-23-17-11-6-12-25(17)19)22-20(26)21-16-10-5-8-14-7-3-4-9-15(14)16/h3-5,7-10,13,18H,6,11-12H2,1-2H3,(H2,21,22,26)/t18-/m1/s1. The van der Waals surface area contributed by atoms with Gasteiger partial charge < -0.3 is 15.2 Å². The van der Waals surface area contributed by atoms with Gasteiger partial charge in [-0.15, -0.1) is 10.2 Å². The number of aryl methyl sites for hydroxylation is 1. The lowest BCUT2D eigenvalue weighted by Crippen LogP contribution is -2.36. The number of rotatable bonds is 4. The van der Waals surface area contributed by atoms with Gasteiger partial charge in [-0.25, -0.2) is 4.79 Å². The number of nitrogens with one attached hydrogen (secondary N) is 2. The topological polar surface area (TPSA) is 71.8 Å². The van der Waals surface area contributed by atoms with Crippen molar-refractivity contribution >= 4 is 22.5 Å². The first kappa shape index (κ1) is 16.6. The van der Waals surface area contributed by atoms with Crippen LogP contribution in [0.1, 0.15) is 38.0 Å². The van der Waals surface area contributed by atoms with Crippen LogP contribution in [-0.2, 0) is 13.0 Å². The number of amides is 2. The molecule has 0 radical (unpaired) electrons. The molecule has 26 heavy (non-hydrogen) atoms. The maximum absolute atomic E-state index is 12.7. The van der Waals surface area contributed by atoms with Crippen LogP contribution >= 0.6 is 0 Å². The van der Waals surface area contributed by atoms with E-state index in [0.717, 1.165) is 47.5 Å². The van der Waals surface area contributed by atoms with Gasteiger partial charge in [-0.05, 0) is 23.8 Å². The van der Waals surface area contributed by atoms with Crippen molar-refractivity contribution in [2.75, 3.05) is 5.32 Å². The van der Waals surface area contributed by atoms with Crippen molar-refractivity contribution < 1.29 is 4.79 Å². The zero-order valence-corrected chi connectivity index (χ0v) is 15.1. The molecule has 1 aliphatic rings. The van der Waals surface area contributed by atoms with Crippen LogP contribution in [0.25, 0.3) is 10.8 Å². The molecular weight excluding hydrogens is 326 g/mol. The second-order valence-corrected chi connectivity index (χ2v) is 7.08. The molecule has 0 unspecified atom stereocenters. The Hall–Kier alpha value is -2.89. The Morgan fingerprint density at radius 2 is 1.92 bits per heavy atom. The molecule has 0 saturated carbocycles. The summed E-state index contributed by atoms with van der Waals surface area (Å²) in [5.74, 6) is 2.07. The van der Waals surface area contributed by atoms with E-state index in [1.807, 2.05) is 42.5 Å². The molecule has 2 aromatic carbocycles. The highest BCUT2D eigenvalue weighted by molar-refractivity contribution is 6.01. The number of hydrogen-bond acceptors (Lipinski definition) is 3. The first-order valence-electron chi connectivity index (χ1n) is 9.11. The maximum Gasteiger partial charge on any atom is 0.319 e. The Labute approximate surface area is 152 Å². The van der Waals surface area contributed by atoms with Crippen LogP contribution in [0.5, 0.6) is 0 Å². The van der Waals surface area contributed by atoms with Gasteiger partial charge in [-0.3, -0.25) is 0 Å². The van der Waals surface area contributed by atoms with Crippen molar-refractivity contribution in [2.45, 2.75) is 39.3 Å². The number of aromatic nitrogens is 3. The summed E-state index contributed by atoms with van der Waals surface area (Å²) >= 11 is 0. The summed E-state index contributed by atoms with van der Waals surface area (Å²) in [6.45, 7) is 5.09. The van der Waals surface area contributed by atoms with Crippen molar-refractivity contribution in [2.24, 2.45) is 5.92 Å². The third-order valence-electron chi connectivity index (χ3n) is 4.91. The molecule has 6 nitrogen and oxygen atoms in total. The normalized spacial score (nSPS) is 14.4. The predicted molar refractivity (Wildman–Crippen MR) is 102 cm³/mol. The Balaban J connectivity index is 1.55. The van der Waals surface area contributed by atoms with Gasteiger partial charge in [0, 0.05) is 18.4 Å². The van der Waals surface area contributed by atoms with Crippen molar-refractivity contribution in [3.8, 4) is 0 Å². The van der Waals surface area contributed by atoms with Crippen LogP contribution in [0.15, 0.2) is 42.5 Å². The molecule has 134 valence electrons. The maximum atomic E-state index is 12.7. The average Bonchev–Trinajstić information content (AvgIpc) is 3.24. The van der Waals surface area contributed by atoms with Crippen LogP contribution in [0.4, 0.5) is 10.5 Å². The van der Waals surface area contributed by atoms with E-state index in [9.17, 15) is 4.79 Å². The summed E-state index contributed by atoms with van der Waals surface area (Å²) in [6, 6.07) is 13.5. The van der Waals surface area contributed by atoms with E-state index in [2.05, 4.69) is 39.2 Å². The number of nitrogens with zero attached hydrogens (tertiary/aromatic N) is 3. The van der Waals surface area contributed by atoms with Crippen LogP contribution in [0, 0.1) is 5.92 Å². The van der Waals surface area contributed by atoms with Crippen LogP contribution in [0.3, 0.4) is 0 Å². The monoisotopic (exact) mass is 349 g/mol. The van der Waals surface area contributed by atoms with E-state index in [-0.39, 0.29) is 18.0 Å². The molecule has 0 saturated heterocycles. The summed E-state index contributed by atoms with van der Waals surface area (Å²) in [6.07, 6.45) is 2.05. The Morgan fingerprint density at radius 3 is 2.77 bits per heavy atom. The van der Waals surface area contributed by atoms with E-state index in [1.165, 1.54) is 0 Å². The van der Waals surface area contributed by atoms with Gasteiger partial charge in [-0.2, -0.15) is 0 Å². The zero-order valence-electron chi connectivity index (χ0n) is 15.1. The van der Waals surface area contributed by atoms with Gasteiger partial charge in [0.25, 0.3) is 0 Å². The van der Waals surface area contributed by atoms with E-state index in [1.54, 1.807) is 0 Å². The molecular formula is C20H23N5O. The zero-order chi connectivity index (χ0) is 18.1. The lowest BCUT2D eigenvalue weighted by atomic mass is 10.0. The molecule has 1 aromatic heterocycles. The third kappa shape index (κ3) is 3.03. The molecule has 6 heteroatoms. The molecule has 2 amide bonds. The van der Waals surface area contributed by atoms with Crippen molar-refractivity contribution in [3.05, 3.63) is 54.1 Å². The summed E-state index contributed by atoms with van der Waals surface area (Å²) in [4.78, 5) is 12.7. The van der Waals surface area contributed by atoms with Gasteiger partial charge >= 0.3 is 6.03 Å². The first-order chi connectivity index (χ1) is 12.6. The van der Waals surface area contributed by atoms with Crippen LogP contribution in [-0.4, -0.2) is 20.8 Å². The summed E-state index contributed by atoms with van der Waals surface area (Å²) in [7, 11) is 0. The summed E-state index contributed by atoms with van der Waals surface area (Å²) in [5, 5.41) is 16.8. The Morgan fingerprint density at radius 1 is 1.12 bits per heavy atom. The highest BCUT2D eigenvalue weighted by atomic mass is 16.2. The molecule has 0 spiro atoms. The van der Waals surface area contributed by atoms with Crippen molar-refractivity contribution in [1.82, 2.24) is 20.1 Å². The Bertz CT molecular complexity index is 941. The van der Waals surface area contributed by atoms with Crippen molar-refractivity contribution in [1.29, 1.82) is 0 Å². The highest BCUT2D eigenvalue weighted by Crippen LogP contribution is 2.26. The Kier molecular flexibility index (Phi) is 4.32. The van der Waals surface area contributed by atoms with Crippen molar-refractivity contribution in [3.63, 3.8) is 0 Å². The minimum atomic E-state index is -0.226. The molecule has 2 heterocycles. The lowest BCUT2D eigenvalue weighted by molar-refractivity contribution is 0.243. The predicted octanol–water partition coefficient (Wildman–Crippen LogP) is 3.90. The quantitative estimate of drug-likeness (QED) is 0.750. The van der Waals surface area contributed by atoms with E-state index < -0.39 is 0 Å². The molecule has 0 aliphatic carbocycles. The fourth-order valence-corrected chi connectivity index (χ4v) is 3.57. The number of carbonyl (C=O) groups excluding carboxylic acids is 1. The molecule has 3 aromatic rings. The number of urea groups is 1. The second kappa shape index (κ2) is 6.78. The lowest BCUT2D eigenvalue weighted by Gasteiger charge is -2.22. The highest BCUT2D eigenvalue weighted by Gasteiger charge is 2.27. The number of benzene rings is 2. The molecule has 1 atom stereocenters. The molecule has 2 N–H and O–H groups in total. The molecule has 0 fully saturated rings. The van der Waals surface area contributed by atoms with Crippen LogP contribution < -0.4 is 10.6 Å². The van der Waals surface area contributed by atoms with Gasteiger partial charge in [-0.1, -0.05) is 50.2 Å². The summed E-state index contributed by atoms with van der Waals surface area (Å²) < 4.78 is 2.14. The molecule has 4 rings (SSSR count). The third-order valence-corrected chi connectivity index (χ3v) is 4.91. The molecule has 1 aliphatic heterocycles. The average molecular weight is 349 g/mol. The minimum Gasteiger partial charge on any atom is -0.328 e. The number of carbonyl (C=O) groups is 1. The van der Waals surface area contributed by atoms with E-state index in [0.29, 0.717) is 0 Å². The largest absolute Gasteiger partial charge is 0.328 e. The number of fused-ring (bicyclic) bond motifs is 2. The second-order valence-electron chi connectivity index (χ2n) is 7.08. The van der Waals surface area contributed by atoms with Gasteiger partial charge in [0.2, 0.25) is 0 Å². The smallest absolute Gasteiger partial charge is 0.319 e. The first-order valence-corrected chi connectivity index (χ1v) is 9.11. The fourth-order valence-electron chi connectivity index (χ4n) is 3.57. The van der Waals surface area contributed by atoms with Gasteiger partial charge in [0.05, 0.1) is 11.7 Å². The minimum absolute atomic E-state index is 0.177. The SMILES string of the molecule is CC(C)[C@@H](NC(=O)Nc1cccc2ccccc12)c1nnc2n1CCC2. The molecule has 0 bridgehead atoms. The van der Waals surface area contributed by atoms with E-state index in [4.69, 9.17) is 0 Å². The van der Waals surface area contributed by atoms with E-state index >= 15 is 0 Å². The number of anilines is 1. The van der Waals surface area contributed by atoms with Gasteiger partial charge in [0.15, 0.2) is 5.82 Å². The van der Waals surface area contributed by atoms with Gasteiger partial charge in [0.1, 0.15) is 5.82 Å². The van der Waals surface area contributed by atoms with Crippen LogP contribution in [0.2, 0.25) is 0 Å². The summed E-state index contributed by atoms with van der Waals surface area (Å²) in [5.41, 5.74) is 0.801. The number of hydrogen-bond donors (Lipinski definition) is 2.